The fourth-order valence-corrected chi connectivity index (χ4v) is 3.01. The van der Waals surface area contributed by atoms with Crippen LogP contribution in [-0.4, -0.2) is 27.9 Å². The second-order valence-corrected chi connectivity index (χ2v) is 7.91. The Bertz CT molecular complexity index is 992. The number of anilines is 1. The third kappa shape index (κ3) is 5.17. The summed E-state index contributed by atoms with van der Waals surface area (Å²) in [6, 6.07) is 14.3. The van der Waals surface area contributed by atoms with Crippen molar-refractivity contribution in [1.29, 1.82) is 0 Å². The highest BCUT2D eigenvalue weighted by Gasteiger charge is 2.18. The molecule has 0 unspecified atom stereocenters. The largest absolute Gasteiger partial charge is 0.507 e. The predicted octanol–water partition coefficient (Wildman–Crippen LogP) is 4.92. The average molecular weight is 395 g/mol. The minimum Gasteiger partial charge on any atom is -0.507 e. The Kier molecular flexibility index (Phi) is 5.75. The molecule has 1 aromatic heterocycles. The number of benzene rings is 2. The molecule has 0 aliphatic heterocycles. The van der Waals surface area contributed by atoms with Gasteiger partial charge >= 0.3 is 5.97 Å². The molecular formula is C21H21N3O3S. The molecule has 0 atom stereocenters. The highest BCUT2D eigenvalue weighted by Crippen LogP contribution is 2.25. The topological polar surface area (TPSA) is 83.8 Å². The molecule has 28 heavy (non-hydrogen) atoms. The Morgan fingerprint density at radius 2 is 1.96 bits per heavy atom. The smallest absolute Gasteiger partial charge is 0.338 e. The number of hydrazone groups is 1. The van der Waals surface area contributed by atoms with Crippen molar-refractivity contribution in [3.05, 3.63) is 65.0 Å². The first-order chi connectivity index (χ1) is 13.3. The van der Waals surface area contributed by atoms with Crippen molar-refractivity contribution >= 4 is 28.7 Å². The summed E-state index contributed by atoms with van der Waals surface area (Å²) in [5, 5.41) is 16.7. The quantitative estimate of drug-likeness (QED) is 0.364. The van der Waals surface area contributed by atoms with Gasteiger partial charge in [-0.3, -0.25) is 5.43 Å². The molecule has 0 fully saturated rings. The van der Waals surface area contributed by atoms with Crippen LogP contribution < -0.4 is 5.43 Å². The monoisotopic (exact) mass is 395 g/mol. The summed E-state index contributed by atoms with van der Waals surface area (Å²) in [6.07, 6.45) is 1.44. The summed E-state index contributed by atoms with van der Waals surface area (Å²) in [7, 11) is 0. The second kappa shape index (κ2) is 8.22. The lowest BCUT2D eigenvalue weighted by Gasteiger charge is -2.19. The lowest BCUT2D eigenvalue weighted by Crippen LogP contribution is -2.23. The lowest BCUT2D eigenvalue weighted by atomic mass is 10.1. The normalized spacial score (nSPS) is 11.5. The Morgan fingerprint density at radius 1 is 1.21 bits per heavy atom. The van der Waals surface area contributed by atoms with Gasteiger partial charge in [-0.05, 0) is 39.0 Å². The van der Waals surface area contributed by atoms with E-state index in [0.29, 0.717) is 16.3 Å². The van der Waals surface area contributed by atoms with Gasteiger partial charge in [0.05, 0.1) is 17.5 Å². The molecule has 0 saturated heterocycles. The Hall–Kier alpha value is -3.19. The highest BCUT2D eigenvalue weighted by molar-refractivity contribution is 7.14. The summed E-state index contributed by atoms with van der Waals surface area (Å²) in [5.41, 5.74) is 4.88. The van der Waals surface area contributed by atoms with E-state index < -0.39 is 11.6 Å². The highest BCUT2D eigenvalue weighted by atomic mass is 32.1. The molecule has 1 heterocycles. The van der Waals surface area contributed by atoms with Gasteiger partial charge in [0.1, 0.15) is 11.4 Å². The lowest BCUT2D eigenvalue weighted by molar-refractivity contribution is 0.00695. The number of aromatic nitrogens is 1. The number of hydrogen-bond donors (Lipinski definition) is 2. The number of phenols is 1. The van der Waals surface area contributed by atoms with Crippen molar-refractivity contribution in [3.63, 3.8) is 0 Å². The van der Waals surface area contributed by atoms with E-state index in [0.717, 1.165) is 11.3 Å². The maximum atomic E-state index is 12.2. The number of phenolic OH excluding ortho intramolecular Hbond substituents is 1. The number of hydrogen-bond acceptors (Lipinski definition) is 7. The number of carbonyl (C=O) groups excluding carboxylic acids is 1. The zero-order chi connectivity index (χ0) is 20.1. The fraction of sp³-hybridized carbons (Fsp3) is 0.190. The molecule has 2 N–H and O–H groups in total. The van der Waals surface area contributed by atoms with Crippen LogP contribution in [0.15, 0.2) is 59.0 Å². The number of esters is 1. The first-order valence-electron chi connectivity index (χ1n) is 8.68. The standard InChI is InChI=1S/C21H21N3O3S/c1-21(2,3)27-19(26)15-9-10-18(25)16(11-15)12-22-24-20-23-17(13-28-20)14-7-5-4-6-8-14/h4-13,25H,1-3H3,(H,23,24). The van der Waals surface area contributed by atoms with E-state index in [1.807, 2.05) is 35.7 Å². The van der Waals surface area contributed by atoms with Crippen molar-refractivity contribution < 1.29 is 14.6 Å². The zero-order valence-corrected chi connectivity index (χ0v) is 16.7. The van der Waals surface area contributed by atoms with Gasteiger partial charge in [-0.2, -0.15) is 5.10 Å². The van der Waals surface area contributed by atoms with E-state index in [1.165, 1.54) is 35.8 Å². The van der Waals surface area contributed by atoms with Gasteiger partial charge in [-0.25, -0.2) is 9.78 Å². The Labute approximate surface area is 167 Å². The Balaban J connectivity index is 1.70. The SMILES string of the molecule is CC(C)(C)OC(=O)c1ccc(O)c(C=NNc2nc(-c3ccccc3)cs2)c1. The zero-order valence-electron chi connectivity index (χ0n) is 15.8. The maximum Gasteiger partial charge on any atom is 0.338 e. The molecule has 0 saturated carbocycles. The van der Waals surface area contributed by atoms with Crippen LogP contribution in [-0.2, 0) is 4.74 Å². The van der Waals surface area contributed by atoms with Crippen molar-refractivity contribution in [2.45, 2.75) is 26.4 Å². The van der Waals surface area contributed by atoms with Gasteiger partial charge in [-0.15, -0.1) is 11.3 Å². The molecule has 7 heteroatoms. The third-order valence-electron chi connectivity index (χ3n) is 3.60. The van der Waals surface area contributed by atoms with E-state index in [2.05, 4.69) is 15.5 Å². The van der Waals surface area contributed by atoms with Gasteiger partial charge < -0.3 is 9.84 Å². The molecule has 6 nitrogen and oxygen atoms in total. The van der Waals surface area contributed by atoms with Crippen LogP contribution in [0.1, 0.15) is 36.7 Å². The molecule has 0 radical (unpaired) electrons. The molecule has 0 spiro atoms. The molecule has 0 amide bonds. The van der Waals surface area contributed by atoms with Crippen LogP contribution >= 0.6 is 11.3 Å². The average Bonchev–Trinajstić information content (AvgIpc) is 3.11. The van der Waals surface area contributed by atoms with Crippen molar-refractivity contribution in [1.82, 2.24) is 4.98 Å². The minimum atomic E-state index is -0.591. The number of thiazole rings is 1. The summed E-state index contributed by atoms with van der Waals surface area (Å²) >= 11 is 1.43. The molecule has 0 aliphatic carbocycles. The molecule has 2 aromatic carbocycles. The number of ether oxygens (including phenoxy) is 1. The number of nitrogens with one attached hydrogen (secondary N) is 1. The van der Waals surface area contributed by atoms with E-state index in [4.69, 9.17) is 4.74 Å². The van der Waals surface area contributed by atoms with E-state index >= 15 is 0 Å². The van der Waals surface area contributed by atoms with Gasteiger partial charge in [0.15, 0.2) is 0 Å². The van der Waals surface area contributed by atoms with Gasteiger partial charge in [0.2, 0.25) is 5.13 Å². The summed E-state index contributed by atoms with van der Waals surface area (Å²) in [5.74, 6) is -0.440. The van der Waals surface area contributed by atoms with E-state index in [-0.39, 0.29) is 5.75 Å². The van der Waals surface area contributed by atoms with E-state index in [9.17, 15) is 9.90 Å². The first kappa shape index (κ1) is 19.6. The molecule has 3 aromatic rings. The van der Waals surface area contributed by atoms with Crippen LogP contribution in [0.4, 0.5) is 5.13 Å². The molecule has 0 aliphatic rings. The maximum absolute atomic E-state index is 12.2. The van der Waals surface area contributed by atoms with Crippen LogP contribution in [0.3, 0.4) is 0 Å². The van der Waals surface area contributed by atoms with Gasteiger partial charge in [-0.1, -0.05) is 30.3 Å². The minimum absolute atomic E-state index is 0.0157. The molecule has 3 rings (SSSR count). The number of rotatable bonds is 5. The van der Waals surface area contributed by atoms with Gasteiger partial charge in [0.25, 0.3) is 0 Å². The third-order valence-corrected chi connectivity index (χ3v) is 4.35. The van der Waals surface area contributed by atoms with E-state index in [1.54, 1.807) is 20.8 Å². The summed E-state index contributed by atoms with van der Waals surface area (Å²) in [4.78, 5) is 16.7. The van der Waals surface area contributed by atoms with Crippen molar-refractivity contribution in [3.8, 4) is 17.0 Å². The van der Waals surface area contributed by atoms with Crippen LogP contribution in [0.2, 0.25) is 0 Å². The first-order valence-corrected chi connectivity index (χ1v) is 9.56. The molecule has 144 valence electrons. The molecular weight excluding hydrogens is 374 g/mol. The van der Waals surface area contributed by atoms with Crippen LogP contribution in [0, 0.1) is 0 Å². The van der Waals surface area contributed by atoms with Crippen LogP contribution in [0.5, 0.6) is 5.75 Å². The Morgan fingerprint density at radius 3 is 2.68 bits per heavy atom. The summed E-state index contributed by atoms with van der Waals surface area (Å²) < 4.78 is 5.35. The second-order valence-electron chi connectivity index (χ2n) is 7.05. The number of aromatic hydroxyl groups is 1. The van der Waals surface area contributed by atoms with Crippen molar-refractivity contribution in [2.75, 3.05) is 5.43 Å². The predicted molar refractivity (Wildman–Crippen MR) is 112 cm³/mol. The fourth-order valence-electron chi connectivity index (χ4n) is 2.35. The summed E-state index contributed by atoms with van der Waals surface area (Å²) in [6.45, 7) is 5.40. The van der Waals surface area contributed by atoms with Crippen LogP contribution in [0.25, 0.3) is 11.3 Å². The van der Waals surface area contributed by atoms with Crippen molar-refractivity contribution in [2.24, 2.45) is 5.10 Å². The molecule has 0 bridgehead atoms. The van der Waals surface area contributed by atoms with Gasteiger partial charge in [0, 0.05) is 16.5 Å². The number of nitrogens with zero attached hydrogens (tertiary/aromatic N) is 2. The number of carbonyl (C=O) groups is 1.